The van der Waals surface area contributed by atoms with Crippen LogP contribution in [-0.2, 0) is 0 Å². The Morgan fingerprint density at radius 1 is 1.42 bits per heavy atom. The Labute approximate surface area is 151 Å². The van der Waals surface area contributed by atoms with Crippen molar-refractivity contribution in [2.45, 2.75) is 13.0 Å². The monoisotopic (exact) mass is 356 g/mol. The number of amides is 1. The van der Waals surface area contributed by atoms with Gasteiger partial charge in [0.2, 0.25) is 0 Å². The van der Waals surface area contributed by atoms with Crippen molar-refractivity contribution in [3.05, 3.63) is 47.5 Å². The first-order chi connectivity index (χ1) is 12.5. The van der Waals surface area contributed by atoms with Gasteiger partial charge in [0.25, 0.3) is 5.91 Å². The molecular formula is C17H21BN4O4. The topological polar surface area (TPSA) is 110 Å². The molecule has 2 aromatic rings. The highest BCUT2D eigenvalue weighted by Gasteiger charge is 2.32. The molecule has 136 valence electrons. The quantitative estimate of drug-likeness (QED) is 0.489. The number of nitrogens with zero attached hydrogens (tertiary/aromatic N) is 3. The number of aromatic amines is 1. The number of likely N-dealkylation sites (N-methyl/N-ethyl adjacent to an activating group) is 1. The summed E-state index contributed by atoms with van der Waals surface area (Å²) in [6, 6.07) is 4.29. The van der Waals surface area contributed by atoms with E-state index in [0.717, 1.165) is 18.9 Å². The largest absolute Gasteiger partial charge is 0.489 e. The SMILES string of the molecule is CCN1CCN(C(=O)c2ccc(B(O)O)c(C=O)c2)CC1c1ncc[nH]1. The van der Waals surface area contributed by atoms with Crippen LogP contribution in [0, 0.1) is 0 Å². The van der Waals surface area contributed by atoms with Crippen LogP contribution in [-0.4, -0.2) is 75.3 Å². The predicted octanol–water partition coefficient (Wildman–Crippen LogP) is -0.579. The van der Waals surface area contributed by atoms with E-state index < -0.39 is 7.12 Å². The summed E-state index contributed by atoms with van der Waals surface area (Å²) in [6.45, 7) is 4.71. The van der Waals surface area contributed by atoms with Crippen LogP contribution in [0.3, 0.4) is 0 Å². The Kier molecular flexibility index (Phi) is 5.50. The van der Waals surface area contributed by atoms with Crippen LogP contribution in [0.25, 0.3) is 0 Å². The zero-order valence-corrected chi connectivity index (χ0v) is 14.5. The molecule has 0 saturated carbocycles. The molecule has 26 heavy (non-hydrogen) atoms. The third-order valence-electron chi connectivity index (χ3n) is 4.76. The minimum atomic E-state index is -1.75. The van der Waals surface area contributed by atoms with E-state index in [1.807, 2.05) is 0 Å². The average Bonchev–Trinajstić information content (AvgIpc) is 3.20. The lowest BCUT2D eigenvalue weighted by Gasteiger charge is -2.40. The van der Waals surface area contributed by atoms with Gasteiger partial charge in [0.05, 0.1) is 6.04 Å². The van der Waals surface area contributed by atoms with Crippen LogP contribution in [0.1, 0.15) is 39.5 Å². The normalized spacial score (nSPS) is 18.0. The van der Waals surface area contributed by atoms with E-state index in [1.165, 1.54) is 18.2 Å². The number of rotatable bonds is 5. The zero-order valence-electron chi connectivity index (χ0n) is 14.5. The maximum atomic E-state index is 12.9. The third kappa shape index (κ3) is 3.55. The van der Waals surface area contributed by atoms with Gasteiger partial charge >= 0.3 is 7.12 Å². The molecule has 1 unspecified atom stereocenters. The summed E-state index contributed by atoms with van der Waals surface area (Å²) in [7, 11) is -1.75. The van der Waals surface area contributed by atoms with Gasteiger partial charge in [-0.15, -0.1) is 0 Å². The summed E-state index contributed by atoms with van der Waals surface area (Å²) >= 11 is 0. The molecule has 9 heteroatoms. The standard InChI is InChI=1S/C17H21BN4O4/c1-2-21-7-8-22(10-15(21)16-19-5-6-20-16)17(24)12-3-4-14(18(25)26)13(9-12)11-23/h3-6,9,11,15,25-26H,2,7-8,10H2,1H3,(H,19,20). The van der Waals surface area contributed by atoms with E-state index in [1.54, 1.807) is 17.3 Å². The van der Waals surface area contributed by atoms with Crippen LogP contribution >= 0.6 is 0 Å². The van der Waals surface area contributed by atoms with Crippen LogP contribution in [0.4, 0.5) is 0 Å². The number of benzene rings is 1. The van der Waals surface area contributed by atoms with Gasteiger partial charge in [-0.05, 0) is 24.1 Å². The fraction of sp³-hybridized carbons (Fsp3) is 0.353. The Bertz CT molecular complexity index is 781. The van der Waals surface area contributed by atoms with Crippen LogP contribution in [0.2, 0.25) is 0 Å². The van der Waals surface area contributed by atoms with Crippen molar-refractivity contribution >= 4 is 24.8 Å². The number of imidazole rings is 1. The van der Waals surface area contributed by atoms with E-state index in [4.69, 9.17) is 0 Å². The van der Waals surface area contributed by atoms with Gasteiger partial charge in [-0.1, -0.05) is 13.0 Å². The highest BCUT2D eigenvalue weighted by Crippen LogP contribution is 2.23. The fourth-order valence-electron chi connectivity index (χ4n) is 3.33. The van der Waals surface area contributed by atoms with E-state index in [9.17, 15) is 19.6 Å². The van der Waals surface area contributed by atoms with E-state index in [0.29, 0.717) is 24.9 Å². The van der Waals surface area contributed by atoms with Gasteiger partial charge < -0.3 is 19.9 Å². The Hall–Kier alpha value is -2.49. The summed E-state index contributed by atoms with van der Waals surface area (Å²) in [4.78, 5) is 35.5. The molecule has 1 saturated heterocycles. The van der Waals surface area contributed by atoms with Gasteiger partial charge in [-0.3, -0.25) is 14.5 Å². The van der Waals surface area contributed by atoms with E-state index in [2.05, 4.69) is 21.8 Å². The van der Waals surface area contributed by atoms with Gasteiger partial charge in [0.1, 0.15) is 12.1 Å². The number of carbonyl (C=O) groups is 2. The summed E-state index contributed by atoms with van der Waals surface area (Å²) in [6.07, 6.45) is 3.98. The fourth-order valence-corrected chi connectivity index (χ4v) is 3.33. The first kappa shape index (κ1) is 18.3. The number of H-pyrrole nitrogens is 1. The lowest BCUT2D eigenvalue weighted by atomic mass is 9.76. The highest BCUT2D eigenvalue weighted by molar-refractivity contribution is 6.60. The predicted molar refractivity (Wildman–Crippen MR) is 96.1 cm³/mol. The number of hydrogen-bond acceptors (Lipinski definition) is 6. The number of aldehydes is 1. The minimum Gasteiger partial charge on any atom is -0.423 e. The molecule has 1 atom stereocenters. The average molecular weight is 356 g/mol. The molecule has 0 spiro atoms. The maximum Gasteiger partial charge on any atom is 0.489 e. The minimum absolute atomic E-state index is 0.0169. The molecular weight excluding hydrogens is 335 g/mol. The smallest absolute Gasteiger partial charge is 0.423 e. The zero-order chi connectivity index (χ0) is 18.7. The number of aromatic nitrogens is 2. The molecule has 1 aliphatic heterocycles. The molecule has 2 heterocycles. The van der Waals surface area contributed by atoms with Crippen molar-refractivity contribution in [3.8, 4) is 0 Å². The molecule has 1 amide bonds. The number of hydrogen-bond donors (Lipinski definition) is 3. The third-order valence-corrected chi connectivity index (χ3v) is 4.76. The van der Waals surface area contributed by atoms with Gasteiger partial charge in [0.15, 0.2) is 0 Å². The van der Waals surface area contributed by atoms with Gasteiger partial charge in [-0.25, -0.2) is 4.98 Å². The second-order valence-corrected chi connectivity index (χ2v) is 6.21. The van der Waals surface area contributed by atoms with Crippen molar-refractivity contribution in [1.29, 1.82) is 0 Å². The molecule has 1 fully saturated rings. The molecule has 3 N–H and O–H groups in total. The lowest BCUT2D eigenvalue weighted by Crippen LogP contribution is -2.50. The molecule has 1 aliphatic rings. The summed E-state index contributed by atoms with van der Waals surface area (Å²) in [5.74, 6) is 0.621. The van der Waals surface area contributed by atoms with Crippen LogP contribution in [0.15, 0.2) is 30.6 Å². The van der Waals surface area contributed by atoms with E-state index in [-0.39, 0.29) is 23.0 Å². The van der Waals surface area contributed by atoms with Crippen molar-refractivity contribution in [1.82, 2.24) is 19.8 Å². The summed E-state index contributed by atoms with van der Waals surface area (Å²) in [5, 5.41) is 18.6. The molecule has 0 radical (unpaired) electrons. The molecule has 3 rings (SSSR count). The van der Waals surface area contributed by atoms with E-state index >= 15 is 0 Å². The molecule has 1 aromatic carbocycles. The molecule has 8 nitrogen and oxygen atoms in total. The Morgan fingerprint density at radius 3 is 2.85 bits per heavy atom. The molecule has 1 aromatic heterocycles. The Morgan fingerprint density at radius 2 is 2.23 bits per heavy atom. The molecule has 0 bridgehead atoms. The second-order valence-electron chi connectivity index (χ2n) is 6.21. The second kappa shape index (κ2) is 7.82. The van der Waals surface area contributed by atoms with Gasteiger partial charge in [-0.2, -0.15) is 0 Å². The van der Waals surface area contributed by atoms with Crippen molar-refractivity contribution in [2.75, 3.05) is 26.2 Å². The highest BCUT2D eigenvalue weighted by atomic mass is 16.4. The number of piperazine rings is 1. The number of nitrogens with one attached hydrogen (secondary N) is 1. The molecule has 0 aliphatic carbocycles. The van der Waals surface area contributed by atoms with Crippen LogP contribution in [0.5, 0.6) is 0 Å². The van der Waals surface area contributed by atoms with Gasteiger partial charge in [0, 0.05) is 43.2 Å². The van der Waals surface area contributed by atoms with Crippen molar-refractivity contribution in [3.63, 3.8) is 0 Å². The van der Waals surface area contributed by atoms with Crippen molar-refractivity contribution in [2.24, 2.45) is 0 Å². The lowest BCUT2D eigenvalue weighted by molar-refractivity contribution is 0.0480. The van der Waals surface area contributed by atoms with Crippen molar-refractivity contribution < 1.29 is 19.6 Å². The summed E-state index contributed by atoms with van der Waals surface area (Å²) in [5.41, 5.74) is 0.529. The number of carbonyl (C=O) groups excluding carboxylic acids is 2. The maximum absolute atomic E-state index is 12.9. The van der Waals surface area contributed by atoms with Crippen LogP contribution < -0.4 is 5.46 Å². The first-order valence-corrected chi connectivity index (χ1v) is 8.53. The summed E-state index contributed by atoms with van der Waals surface area (Å²) < 4.78 is 0. The Balaban J connectivity index is 1.82. The first-order valence-electron chi connectivity index (χ1n) is 8.53.